The molecule has 188 valence electrons. The van der Waals surface area contributed by atoms with Gasteiger partial charge < -0.3 is 9.64 Å². The summed E-state index contributed by atoms with van der Waals surface area (Å²) in [7, 11) is 3.15. The lowest BCUT2D eigenvalue weighted by atomic mass is 9.86. The maximum Gasteiger partial charge on any atom is 0.338 e. The van der Waals surface area contributed by atoms with Crippen molar-refractivity contribution >= 4 is 60.7 Å². The van der Waals surface area contributed by atoms with E-state index in [0.717, 1.165) is 38.0 Å². The fourth-order valence-corrected chi connectivity index (χ4v) is 5.68. The highest BCUT2D eigenvalue weighted by molar-refractivity contribution is 6.36. The molecule has 0 heterocycles. The predicted octanol–water partition coefficient (Wildman–Crippen LogP) is 8.10. The topological polar surface area (TPSA) is 46.6 Å². The Labute approximate surface area is 221 Å². The van der Waals surface area contributed by atoms with Crippen LogP contribution in [0.15, 0.2) is 84.9 Å². The molecule has 4 heteroatoms. The molecule has 0 aliphatic rings. The summed E-state index contributed by atoms with van der Waals surface area (Å²) in [6, 6.07) is 28.3. The zero-order valence-corrected chi connectivity index (χ0v) is 22.3. The molecule has 0 aliphatic carbocycles. The van der Waals surface area contributed by atoms with Crippen molar-refractivity contribution in [2.75, 3.05) is 19.1 Å². The van der Waals surface area contributed by atoms with Gasteiger partial charge >= 0.3 is 5.97 Å². The first-order valence-corrected chi connectivity index (χ1v) is 12.8. The molecule has 0 N–H and O–H groups in total. The average molecular weight is 500 g/mol. The first-order valence-electron chi connectivity index (χ1n) is 12.8. The van der Waals surface area contributed by atoms with Gasteiger partial charge in [-0.25, -0.2) is 4.79 Å². The van der Waals surface area contributed by atoms with Gasteiger partial charge in [0.25, 0.3) is 5.91 Å². The molecule has 0 atom stereocenters. The minimum atomic E-state index is -0.461. The number of amides is 1. The van der Waals surface area contributed by atoms with Crippen LogP contribution in [-0.4, -0.2) is 26.0 Å². The smallest absolute Gasteiger partial charge is 0.338 e. The van der Waals surface area contributed by atoms with Crippen LogP contribution in [0.1, 0.15) is 47.1 Å². The summed E-state index contributed by atoms with van der Waals surface area (Å²) < 4.78 is 5.16. The van der Waals surface area contributed by atoms with Crippen molar-refractivity contribution in [3.63, 3.8) is 0 Å². The summed E-state index contributed by atoms with van der Waals surface area (Å²) in [5.74, 6) is -0.642. The monoisotopic (exact) mass is 499 g/mol. The van der Waals surface area contributed by atoms with Gasteiger partial charge in [0.15, 0.2) is 0 Å². The SMILES string of the molecule is COC(=O)c1ccc2c3cccc4cccc(c5ccc(C(=O)N(C)c6ccc(C(C)(C)C)cc6)c1c25)c43. The summed E-state index contributed by atoms with van der Waals surface area (Å²) in [5.41, 5.74) is 2.87. The number of hydrogen-bond donors (Lipinski definition) is 0. The van der Waals surface area contributed by atoms with E-state index in [2.05, 4.69) is 69.3 Å². The Kier molecular flexibility index (Phi) is 5.39. The Morgan fingerprint density at radius 1 is 0.658 bits per heavy atom. The average Bonchev–Trinajstić information content (AvgIpc) is 2.93. The highest BCUT2D eigenvalue weighted by atomic mass is 16.5. The van der Waals surface area contributed by atoms with E-state index in [4.69, 9.17) is 4.74 Å². The molecule has 6 aromatic carbocycles. The van der Waals surface area contributed by atoms with Gasteiger partial charge in [-0.3, -0.25) is 4.79 Å². The van der Waals surface area contributed by atoms with Gasteiger partial charge in [-0.1, -0.05) is 81.4 Å². The van der Waals surface area contributed by atoms with Crippen LogP contribution in [0.4, 0.5) is 5.69 Å². The van der Waals surface area contributed by atoms with Gasteiger partial charge in [0.05, 0.1) is 12.7 Å². The lowest BCUT2D eigenvalue weighted by molar-refractivity contribution is 0.0603. The zero-order chi connectivity index (χ0) is 26.8. The molecular formula is C34H29NO3. The summed E-state index contributed by atoms with van der Waals surface area (Å²) in [4.78, 5) is 28.7. The van der Waals surface area contributed by atoms with Gasteiger partial charge in [0, 0.05) is 23.7 Å². The van der Waals surface area contributed by atoms with Crippen molar-refractivity contribution in [1.82, 2.24) is 0 Å². The van der Waals surface area contributed by atoms with E-state index in [1.807, 2.05) is 30.3 Å². The molecule has 6 rings (SSSR count). The van der Waals surface area contributed by atoms with Crippen molar-refractivity contribution in [2.24, 2.45) is 0 Å². The van der Waals surface area contributed by atoms with Crippen LogP contribution >= 0.6 is 0 Å². The Morgan fingerprint density at radius 3 is 1.76 bits per heavy atom. The molecule has 0 fully saturated rings. The number of anilines is 1. The van der Waals surface area contributed by atoms with Crippen LogP contribution in [0, 0.1) is 0 Å². The molecule has 0 aromatic heterocycles. The number of carbonyl (C=O) groups excluding carboxylic acids is 2. The van der Waals surface area contributed by atoms with Crippen LogP contribution < -0.4 is 4.90 Å². The number of rotatable bonds is 3. The Morgan fingerprint density at radius 2 is 1.21 bits per heavy atom. The van der Waals surface area contributed by atoms with Gasteiger partial charge in [0.2, 0.25) is 0 Å². The Hall–Kier alpha value is -4.44. The van der Waals surface area contributed by atoms with E-state index < -0.39 is 5.97 Å². The third kappa shape index (κ3) is 3.52. The maximum absolute atomic E-state index is 14.0. The minimum absolute atomic E-state index is 0.0197. The number of methoxy groups -OCH3 is 1. The van der Waals surface area contributed by atoms with E-state index in [9.17, 15) is 9.59 Å². The van der Waals surface area contributed by atoms with E-state index in [0.29, 0.717) is 16.5 Å². The van der Waals surface area contributed by atoms with Crippen molar-refractivity contribution < 1.29 is 14.3 Å². The molecule has 0 spiro atoms. The first kappa shape index (κ1) is 23.9. The highest BCUT2D eigenvalue weighted by Crippen LogP contribution is 2.42. The quantitative estimate of drug-likeness (QED) is 0.140. The van der Waals surface area contributed by atoms with Gasteiger partial charge in [-0.15, -0.1) is 0 Å². The van der Waals surface area contributed by atoms with Crippen molar-refractivity contribution in [3.8, 4) is 0 Å². The lowest BCUT2D eigenvalue weighted by Gasteiger charge is -2.23. The van der Waals surface area contributed by atoms with Gasteiger partial charge in [-0.2, -0.15) is 0 Å². The van der Waals surface area contributed by atoms with E-state index in [1.165, 1.54) is 18.1 Å². The second kappa shape index (κ2) is 8.56. The van der Waals surface area contributed by atoms with E-state index >= 15 is 0 Å². The van der Waals surface area contributed by atoms with Crippen molar-refractivity contribution in [2.45, 2.75) is 26.2 Å². The molecule has 1 amide bonds. The number of benzene rings is 6. The molecule has 0 saturated heterocycles. The van der Waals surface area contributed by atoms with E-state index in [-0.39, 0.29) is 11.3 Å². The highest BCUT2D eigenvalue weighted by Gasteiger charge is 2.25. The molecular weight excluding hydrogens is 470 g/mol. The van der Waals surface area contributed by atoms with Crippen LogP contribution in [0.5, 0.6) is 0 Å². The second-order valence-corrected chi connectivity index (χ2v) is 10.9. The van der Waals surface area contributed by atoms with Crippen LogP contribution in [0.3, 0.4) is 0 Å². The largest absolute Gasteiger partial charge is 0.465 e. The molecule has 0 bridgehead atoms. The number of fused-ring (bicyclic) bond motifs is 2. The third-order valence-electron chi connectivity index (χ3n) is 7.71. The molecule has 0 aliphatic heterocycles. The molecule has 0 radical (unpaired) electrons. The fourth-order valence-electron chi connectivity index (χ4n) is 5.68. The number of esters is 1. The summed E-state index contributed by atoms with van der Waals surface area (Å²) in [5, 5.41) is 8.10. The fraction of sp³-hybridized carbons (Fsp3) is 0.176. The molecule has 0 unspecified atom stereocenters. The molecule has 4 nitrogen and oxygen atoms in total. The normalized spacial score (nSPS) is 12.0. The van der Waals surface area contributed by atoms with Gasteiger partial charge in [0.1, 0.15) is 0 Å². The predicted molar refractivity (Wildman–Crippen MR) is 157 cm³/mol. The second-order valence-electron chi connectivity index (χ2n) is 10.9. The van der Waals surface area contributed by atoms with Crippen molar-refractivity contribution in [3.05, 3.63) is 102 Å². The van der Waals surface area contributed by atoms with Crippen LogP contribution in [0.2, 0.25) is 0 Å². The number of ether oxygens (including phenoxy) is 1. The van der Waals surface area contributed by atoms with Crippen LogP contribution in [0.25, 0.3) is 43.1 Å². The summed E-state index contributed by atoms with van der Waals surface area (Å²) in [6.45, 7) is 6.50. The maximum atomic E-state index is 14.0. The minimum Gasteiger partial charge on any atom is -0.465 e. The van der Waals surface area contributed by atoms with Gasteiger partial charge in [-0.05, 0) is 72.9 Å². The molecule has 6 aromatic rings. The molecule has 38 heavy (non-hydrogen) atoms. The number of hydrogen-bond acceptors (Lipinski definition) is 3. The zero-order valence-electron chi connectivity index (χ0n) is 22.3. The molecule has 0 saturated carbocycles. The Balaban J connectivity index is 1.63. The first-order chi connectivity index (χ1) is 18.2. The summed E-state index contributed by atoms with van der Waals surface area (Å²) in [6.07, 6.45) is 0. The number of nitrogens with zero attached hydrogens (tertiary/aromatic N) is 1. The lowest BCUT2D eigenvalue weighted by Crippen LogP contribution is -2.27. The standard InChI is InChI=1S/C34H29NO3/c1-34(2,3)21-12-14-22(15-13-21)35(4)32(36)27-18-16-25-23-10-6-8-20-9-7-11-24(29(20)23)26-17-19-28(33(37)38-5)31(27)30(25)26/h6-19H,1-5H3. The number of carbonyl (C=O) groups is 2. The van der Waals surface area contributed by atoms with E-state index in [1.54, 1.807) is 18.0 Å². The van der Waals surface area contributed by atoms with Crippen molar-refractivity contribution in [1.29, 1.82) is 0 Å². The Bertz CT molecular complexity index is 1830. The third-order valence-corrected chi connectivity index (χ3v) is 7.71. The van der Waals surface area contributed by atoms with Crippen LogP contribution in [-0.2, 0) is 10.2 Å². The summed E-state index contributed by atoms with van der Waals surface area (Å²) >= 11 is 0.